The summed E-state index contributed by atoms with van der Waals surface area (Å²) in [6.07, 6.45) is 5.01. The molecule has 26 heavy (non-hydrogen) atoms. The van der Waals surface area contributed by atoms with Crippen molar-refractivity contribution in [3.63, 3.8) is 0 Å². The van der Waals surface area contributed by atoms with E-state index in [1.165, 1.54) is 6.33 Å². The molecule has 3 N–H and O–H groups in total. The zero-order chi connectivity index (χ0) is 17.9. The second kappa shape index (κ2) is 6.75. The average molecular weight is 346 g/mol. The van der Waals surface area contributed by atoms with Crippen LogP contribution >= 0.6 is 0 Å². The summed E-state index contributed by atoms with van der Waals surface area (Å²) in [4.78, 5) is 17.5. The van der Waals surface area contributed by atoms with Crippen LogP contribution in [0.25, 0.3) is 22.3 Å². The first-order valence-corrected chi connectivity index (χ1v) is 8.30. The summed E-state index contributed by atoms with van der Waals surface area (Å²) in [5.41, 5.74) is 2.69. The van der Waals surface area contributed by atoms with Crippen LogP contribution in [-0.4, -0.2) is 36.2 Å². The van der Waals surface area contributed by atoms with Gasteiger partial charge in [0.05, 0.1) is 17.3 Å². The molecule has 0 radical (unpaired) electrons. The standard InChI is InChI=1S/C18H18N8/c1-11(2)23-16-14(4-3-7-19-16)17-20-10-21-18(25-17)24-13-5-6-15-12(8-13)9-22-26-15/h3-11H,1-2H3,(H,19,23)(H,22,26)(H,20,21,24,25). The van der Waals surface area contributed by atoms with Gasteiger partial charge in [-0.2, -0.15) is 10.1 Å². The minimum Gasteiger partial charge on any atom is -0.367 e. The number of nitrogens with zero attached hydrogens (tertiary/aromatic N) is 5. The molecule has 0 aliphatic rings. The van der Waals surface area contributed by atoms with E-state index in [4.69, 9.17) is 0 Å². The molecular formula is C18H18N8. The first kappa shape index (κ1) is 15.9. The molecule has 0 aliphatic carbocycles. The molecule has 0 spiro atoms. The Morgan fingerprint density at radius 1 is 1.08 bits per heavy atom. The molecule has 0 saturated carbocycles. The lowest BCUT2D eigenvalue weighted by atomic mass is 10.2. The van der Waals surface area contributed by atoms with Gasteiger partial charge in [0.15, 0.2) is 5.82 Å². The summed E-state index contributed by atoms with van der Waals surface area (Å²) in [6.45, 7) is 4.12. The number of aromatic amines is 1. The maximum absolute atomic E-state index is 4.54. The first-order valence-electron chi connectivity index (χ1n) is 8.30. The maximum atomic E-state index is 4.54. The number of H-pyrrole nitrogens is 1. The minimum atomic E-state index is 0.254. The summed E-state index contributed by atoms with van der Waals surface area (Å²) in [7, 11) is 0. The highest BCUT2D eigenvalue weighted by molar-refractivity contribution is 5.82. The molecule has 4 aromatic rings. The summed E-state index contributed by atoms with van der Waals surface area (Å²) < 4.78 is 0. The molecule has 8 nitrogen and oxygen atoms in total. The van der Waals surface area contributed by atoms with Gasteiger partial charge in [-0.1, -0.05) is 0 Å². The lowest BCUT2D eigenvalue weighted by Crippen LogP contribution is -2.12. The van der Waals surface area contributed by atoms with E-state index in [0.29, 0.717) is 11.8 Å². The Morgan fingerprint density at radius 3 is 2.88 bits per heavy atom. The number of rotatable bonds is 5. The predicted octanol–water partition coefficient (Wildman–Crippen LogP) is 3.37. The highest BCUT2D eigenvalue weighted by atomic mass is 15.1. The van der Waals surface area contributed by atoms with Crippen LogP contribution in [0.3, 0.4) is 0 Å². The Kier molecular flexibility index (Phi) is 4.14. The molecule has 0 saturated heterocycles. The molecule has 8 heteroatoms. The molecule has 0 atom stereocenters. The molecule has 0 aliphatic heterocycles. The number of pyridine rings is 1. The normalized spacial score (nSPS) is 11.0. The van der Waals surface area contributed by atoms with Gasteiger partial charge in [-0.25, -0.2) is 15.0 Å². The Balaban J connectivity index is 1.64. The van der Waals surface area contributed by atoms with Gasteiger partial charge in [-0.15, -0.1) is 0 Å². The summed E-state index contributed by atoms with van der Waals surface area (Å²) in [5, 5.41) is 14.5. The first-order chi connectivity index (χ1) is 12.7. The van der Waals surface area contributed by atoms with Gasteiger partial charge in [0.25, 0.3) is 0 Å². The van der Waals surface area contributed by atoms with Crippen molar-refractivity contribution in [2.75, 3.05) is 10.6 Å². The van der Waals surface area contributed by atoms with Crippen LogP contribution in [0, 0.1) is 0 Å². The lowest BCUT2D eigenvalue weighted by Gasteiger charge is -2.13. The smallest absolute Gasteiger partial charge is 0.230 e. The van der Waals surface area contributed by atoms with E-state index in [-0.39, 0.29) is 6.04 Å². The Morgan fingerprint density at radius 2 is 2.00 bits per heavy atom. The molecule has 130 valence electrons. The van der Waals surface area contributed by atoms with Crippen LogP contribution in [0.4, 0.5) is 17.5 Å². The van der Waals surface area contributed by atoms with Crippen molar-refractivity contribution >= 4 is 28.4 Å². The van der Waals surface area contributed by atoms with E-state index < -0.39 is 0 Å². The molecule has 0 amide bonds. The van der Waals surface area contributed by atoms with Crippen LogP contribution in [0.1, 0.15) is 13.8 Å². The molecule has 4 rings (SSSR count). The molecule has 1 aromatic carbocycles. The number of aromatic nitrogens is 6. The summed E-state index contributed by atoms with van der Waals surface area (Å²) >= 11 is 0. The number of hydrogen-bond donors (Lipinski definition) is 3. The third-order valence-corrected chi connectivity index (χ3v) is 3.74. The van der Waals surface area contributed by atoms with Gasteiger partial charge in [0.1, 0.15) is 12.1 Å². The second-order valence-corrected chi connectivity index (χ2v) is 6.13. The third kappa shape index (κ3) is 3.30. The van der Waals surface area contributed by atoms with Gasteiger partial charge in [-0.05, 0) is 44.2 Å². The molecule has 0 unspecified atom stereocenters. The van der Waals surface area contributed by atoms with Gasteiger partial charge in [0.2, 0.25) is 5.95 Å². The van der Waals surface area contributed by atoms with Gasteiger partial charge >= 0.3 is 0 Å². The van der Waals surface area contributed by atoms with Crippen molar-refractivity contribution in [1.29, 1.82) is 0 Å². The second-order valence-electron chi connectivity index (χ2n) is 6.13. The van der Waals surface area contributed by atoms with Crippen molar-refractivity contribution in [3.8, 4) is 11.4 Å². The topological polar surface area (TPSA) is 104 Å². The van der Waals surface area contributed by atoms with Crippen molar-refractivity contribution in [3.05, 3.63) is 49.1 Å². The number of fused-ring (bicyclic) bond motifs is 1. The van der Waals surface area contributed by atoms with E-state index in [9.17, 15) is 0 Å². The van der Waals surface area contributed by atoms with Crippen molar-refractivity contribution in [2.24, 2.45) is 0 Å². The van der Waals surface area contributed by atoms with Crippen LogP contribution in [0.15, 0.2) is 49.1 Å². The fourth-order valence-corrected chi connectivity index (χ4v) is 2.61. The quantitative estimate of drug-likeness (QED) is 0.509. The number of nitrogens with one attached hydrogen (secondary N) is 3. The zero-order valence-corrected chi connectivity index (χ0v) is 14.4. The number of hydrogen-bond acceptors (Lipinski definition) is 7. The monoisotopic (exact) mass is 346 g/mol. The maximum Gasteiger partial charge on any atom is 0.230 e. The summed E-state index contributed by atoms with van der Waals surface area (Å²) in [5.74, 6) is 1.78. The molecule has 0 fully saturated rings. The third-order valence-electron chi connectivity index (χ3n) is 3.74. The van der Waals surface area contributed by atoms with E-state index in [2.05, 4.69) is 54.6 Å². The Hall–Kier alpha value is -3.55. The highest BCUT2D eigenvalue weighted by Gasteiger charge is 2.11. The van der Waals surface area contributed by atoms with Crippen molar-refractivity contribution in [2.45, 2.75) is 19.9 Å². The van der Waals surface area contributed by atoms with Crippen molar-refractivity contribution < 1.29 is 0 Å². The summed E-state index contributed by atoms with van der Waals surface area (Å²) in [6, 6.07) is 9.94. The van der Waals surface area contributed by atoms with E-state index in [0.717, 1.165) is 28.0 Å². The lowest BCUT2D eigenvalue weighted by molar-refractivity contribution is 0.889. The van der Waals surface area contributed by atoms with Gasteiger partial charge < -0.3 is 10.6 Å². The largest absolute Gasteiger partial charge is 0.367 e. The SMILES string of the molecule is CC(C)Nc1ncccc1-c1ncnc(Nc2ccc3[nH]ncc3c2)n1. The Bertz CT molecular complexity index is 1040. The zero-order valence-electron chi connectivity index (χ0n) is 14.4. The van der Waals surface area contributed by atoms with E-state index in [1.54, 1.807) is 12.4 Å². The van der Waals surface area contributed by atoms with Gasteiger partial charge in [0, 0.05) is 23.3 Å². The molecular weight excluding hydrogens is 328 g/mol. The minimum absolute atomic E-state index is 0.254. The van der Waals surface area contributed by atoms with Crippen molar-refractivity contribution in [1.82, 2.24) is 30.1 Å². The fraction of sp³-hybridized carbons (Fsp3) is 0.167. The molecule has 3 heterocycles. The highest BCUT2D eigenvalue weighted by Crippen LogP contribution is 2.24. The average Bonchev–Trinajstić information content (AvgIpc) is 3.10. The fourth-order valence-electron chi connectivity index (χ4n) is 2.61. The van der Waals surface area contributed by atoms with Gasteiger partial charge in [-0.3, -0.25) is 5.10 Å². The van der Waals surface area contributed by atoms with Crippen LogP contribution in [-0.2, 0) is 0 Å². The van der Waals surface area contributed by atoms with Crippen LogP contribution < -0.4 is 10.6 Å². The molecule has 3 aromatic heterocycles. The molecule has 0 bridgehead atoms. The van der Waals surface area contributed by atoms with E-state index in [1.807, 2.05) is 30.3 Å². The van der Waals surface area contributed by atoms with Crippen LogP contribution in [0.5, 0.6) is 0 Å². The Labute approximate surface area is 150 Å². The number of benzene rings is 1. The van der Waals surface area contributed by atoms with E-state index >= 15 is 0 Å². The number of anilines is 3. The van der Waals surface area contributed by atoms with Crippen LogP contribution in [0.2, 0.25) is 0 Å². The predicted molar refractivity (Wildman–Crippen MR) is 101 cm³/mol.